The molecule has 2 aromatic rings. The SMILES string of the molecule is CC(=O)c1c(C)[nH]c(C(=O)OCC(=O)N(c2ccccc2)C2CCCCC2)c1C. The highest BCUT2D eigenvalue weighted by Gasteiger charge is 2.28. The molecule has 1 saturated carbocycles. The number of aromatic nitrogens is 1. The van der Waals surface area contributed by atoms with Gasteiger partial charge in [-0.25, -0.2) is 4.79 Å². The number of aryl methyl sites for hydroxylation is 1. The Hall–Kier alpha value is -2.89. The highest BCUT2D eigenvalue weighted by atomic mass is 16.5. The number of aromatic amines is 1. The Morgan fingerprint density at radius 2 is 1.72 bits per heavy atom. The van der Waals surface area contributed by atoms with E-state index in [0.29, 0.717) is 16.8 Å². The summed E-state index contributed by atoms with van der Waals surface area (Å²) in [6, 6.07) is 9.65. The lowest BCUT2D eigenvalue weighted by atomic mass is 9.93. The van der Waals surface area contributed by atoms with Crippen molar-refractivity contribution in [3.05, 3.63) is 52.8 Å². The lowest BCUT2D eigenvalue weighted by Crippen LogP contribution is -2.43. The number of carbonyl (C=O) groups excluding carboxylic acids is 3. The zero-order chi connectivity index (χ0) is 21.0. The number of esters is 1. The average Bonchev–Trinajstić information content (AvgIpc) is 3.02. The van der Waals surface area contributed by atoms with Gasteiger partial charge in [-0.1, -0.05) is 37.5 Å². The van der Waals surface area contributed by atoms with E-state index in [-0.39, 0.29) is 30.0 Å². The average molecular weight is 396 g/mol. The van der Waals surface area contributed by atoms with Crippen molar-refractivity contribution in [1.82, 2.24) is 4.98 Å². The largest absolute Gasteiger partial charge is 0.451 e. The summed E-state index contributed by atoms with van der Waals surface area (Å²) in [7, 11) is 0. The molecule has 0 saturated heterocycles. The quantitative estimate of drug-likeness (QED) is 0.581. The van der Waals surface area contributed by atoms with Gasteiger partial charge < -0.3 is 14.6 Å². The van der Waals surface area contributed by atoms with Gasteiger partial charge in [-0.05, 0) is 51.3 Å². The number of hydrogen-bond donors (Lipinski definition) is 1. The van der Waals surface area contributed by atoms with E-state index in [1.165, 1.54) is 13.3 Å². The van der Waals surface area contributed by atoms with E-state index in [9.17, 15) is 14.4 Å². The number of rotatable bonds is 6. The molecule has 0 radical (unpaired) electrons. The van der Waals surface area contributed by atoms with Gasteiger partial charge in [0, 0.05) is 23.0 Å². The summed E-state index contributed by atoms with van der Waals surface area (Å²) in [5.41, 5.74) is 2.73. The maximum atomic E-state index is 13.0. The Kier molecular flexibility index (Phi) is 6.52. The maximum absolute atomic E-state index is 13.0. The molecule has 1 heterocycles. The summed E-state index contributed by atoms with van der Waals surface area (Å²) in [6.07, 6.45) is 5.27. The van der Waals surface area contributed by atoms with Gasteiger partial charge in [0.15, 0.2) is 12.4 Å². The number of anilines is 1. The summed E-state index contributed by atoms with van der Waals surface area (Å²) in [6.45, 7) is 4.57. The van der Waals surface area contributed by atoms with Crippen molar-refractivity contribution in [3.8, 4) is 0 Å². The fourth-order valence-electron chi connectivity index (χ4n) is 4.24. The second-order valence-corrected chi connectivity index (χ2v) is 7.65. The van der Waals surface area contributed by atoms with Crippen LogP contribution in [-0.4, -0.2) is 35.3 Å². The Labute approximate surface area is 171 Å². The number of amides is 1. The Bertz CT molecular complexity index is 895. The number of ketones is 1. The summed E-state index contributed by atoms with van der Waals surface area (Å²) in [5.74, 6) is -0.966. The number of nitrogens with zero attached hydrogens (tertiary/aromatic N) is 1. The molecule has 3 rings (SSSR count). The van der Waals surface area contributed by atoms with Crippen LogP contribution in [-0.2, 0) is 9.53 Å². The number of nitrogens with one attached hydrogen (secondary N) is 1. The molecule has 1 N–H and O–H groups in total. The molecule has 0 atom stereocenters. The third kappa shape index (κ3) is 4.58. The number of para-hydroxylation sites is 1. The van der Waals surface area contributed by atoms with Crippen LogP contribution < -0.4 is 4.90 Å². The molecule has 154 valence electrons. The number of Topliss-reactive ketones (excluding diaryl/α,β-unsaturated/α-hetero) is 1. The van der Waals surface area contributed by atoms with Crippen LogP contribution in [0.2, 0.25) is 0 Å². The summed E-state index contributed by atoms with van der Waals surface area (Å²) in [4.78, 5) is 42.1. The van der Waals surface area contributed by atoms with Gasteiger partial charge >= 0.3 is 5.97 Å². The fourth-order valence-corrected chi connectivity index (χ4v) is 4.24. The van der Waals surface area contributed by atoms with Crippen LogP contribution >= 0.6 is 0 Å². The van der Waals surface area contributed by atoms with Crippen molar-refractivity contribution in [2.45, 2.75) is 58.9 Å². The number of H-pyrrole nitrogens is 1. The molecule has 1 amide bonds. The van der Waals surface area contributed by atoms with Crippen LogP contribution in [0.1, 0.15) is 71.1 Å². The van der Waals surface area contributed by atoms with Gasteiger partial charge in [0.05, 0.1) is 0 Å². The Morgan fingerprint density at radius 3 is 2.31 bits per heavy atom. The zero-order valence-electron chi connectivity index (χ0n) is 17.3. The van der Waals surface area contributed by atoms with Gasteiger partial charge in [-0.3, -0.25) is 9.59 Å². The van der Waals surface area contributed by atoms with Gasteiger partial charge in [-0.2, -0.15) is 0 Å². The minimum absolute atomic E-state index is 0.112. The van der Waals surface area contributed by atoms with Gasteiger partial charge in [0.25, 0.3) is 5.91 Å². The molecule has 6 nitrogen and oxygen atoms in total. The summed E-state index contributed by atoms with van der Waals surface area (Å²) >= 11 is 0. The monoisotopic (exact) mass is 396 g/mol. The second-order valence-electron chi connectivity index (χ2n) is 7.65. The van der Waals surface area contributed by atoms with Gasteiger partial charge in [-0.15, -0.1) is 0 Å². The molecular weight excluding hydrogens is 368 g/mol. The maximum Gasteiger partial charge on any atom is 0.355 e. The van der Waals surface area contributed by atoms with E-state index < -0.39 is 5.97 Å². The van der Waals surface area contributed by atoms with E-state index >= 15 is 0 Å². The first-order chi connectivity index (χ1) is 13.9. The summed E-state index contributed by atoms with van der Waals surface area (Å²) < 4.78 is 5.34. The molecule has 6 heteroatoms. The van der Waals surface area contributed by atoms with Crippen LogP contribution in [0.4, 0.5) is 5.69 Å². The van der Waals surface area contributed by atoms with Crippen molar-refractivity contribution in [3.63, 3.8) is 0 Å². The second kappa shape index (κ2) is 9.07. The number of ether oxygens (including phenoxy) is 1. The molecule has 0 unspecified atom stereocenters. The first-order valence-corrected chi connectivity index (χ1v) is 10.1. The van der Waals surface area contributed by atoms with Crippen LogP contribution in [0.25, 0.3) is 0 Å². The van der Waals surface area contributed by atoms with Gasteiger partial charge in [0.1, 0.15) is 5.69 Å². The summed E-state index contributed by atoms with van der Waals surface area (Å²) in [5, 5.41) is 0. The van der Waals surface area contributed by atoms with Crippen molar-refractivity contribution in [1.29, 1.82) is 0 Å². The van der Waals surface area contributed by atoms with E-state index in [4.69, 9.17) is 4.74 Å². The third-order valence-electron chi connectivity index (χ3n) is 5.56. The van der Waals surface area contributed by atoms with Crippen LogP contribution in [0, 0.1) is 13.8 Å². The van der Waals surface area contributed by atoms with Crippen LogP contribution in [0.5, 0.6) is 0 Å². The van der Waals surface area contributed by atoms with Crippen molar-refractivity contribution in [2.75, 3.05) is 11.5 Å². The molecular formula is C23H28N2O4. The number of carbonyl (C=O) groups is 3. The predicted molar refractivity (Wildman–Crippen MR) is 111 cm³/mol. The molecule has 1 aliphatic carbocycles. The molecule has 0 spiro atoms. The zero-order valence-corrected chi connectivity index (χ0v) is 17.3. The standard InChI is InChI=1S/C23H28N2O4/c1-15-21(17(3)26)16(2)24-22(15)23(28)29-14-20(27)25(18-10-6-4-7-11-18)19-12-8-5-9-13-19/h4,6-7,10-11,19,24H,5,8-9,12-14H2,1-3H3. The molecule has 29 heavy (non-hydrogen) atoms. The predicted octanol–water partition coefficient (Wildman–Crippen LogP) is 4.36. The highest BCUT2D eigenvalue weighted by molar-refractivity contribution is 6.02. The topological polar surface area (TPSA) is 79.5 Å². The van der Waals surface area contributed by atoms with Crippen LogP contribution in [0.15, 0.2) is 30.3 Å². The fraction of sp³-hybridized carbons (Fsp3) is 0.435. The number of hydrogen-bond acceptors (Lipinski definition) is 4. The first kappa shape index (κ1) is 20.8. The lowest BCUT2D eigenvalue weighted by Gasteiger charge is -2.34. The Balaban J connectivity index is 1.74. The molecule has 1 aromatic carbocycles. The van der Waals surface area contributed by atoms with E-state index in [1.54, 1.807) is 18.7 Å². The smallest absolute Gasteiger partial charge is 0.355 e. The third-order valence-corrected chi connectivity index (χ3v) is 5.56. The minimum Gasteiger partial charge on any atom is -0.451 e. The number of benzene rings is 1. The van der Waals surface area contributed by atoms with Gasteiger partial charge in [0.2, 0.25) is 0 Å². The molecule has 0 aliphatic heterocycles. The molecule has 1 aromatic heterocycles. The molecule has 1 fully saturated rings. The first-order valence-electron chi connectivity index (χ1n) is 10.1. The van der Waals surface area contributed by atoms with E-state index in [1.807, 2.05) is 30.3 Å². The highest BCUT2D eigenvalue weighted by Crippen LogP contribution is 2.27. The van der Waals surface area contributed by atoms with Crippen molar-refractivity contribution >= 4 is 23.3 Å². The van der Waals surface area contributed by atoms with Crippen LogP contribution in [0.3, 0.4) is 0 Å². The normalized spacial score (nSPS) is 14.4. The van der Waals surface area contributed by atoms with E-state index in [0.717, 1.165) is 31.4 Å². The van der Waals surface area contributed by atoms with Crippen molar-refractivity contribution < 1.29 is 19.1 Å². The molecule has 1 aliphatic rings. The lowest BCUT2D eigenvalue weighted by molar-refractivity contribution is -0.122. The van der Waals surface area contributed by atoms with Crippen molar-refractivity contribution in [2.24, 2.45) is 0 Å². The minimum atomic E-state index is -0.622. The van der Waals surface area contributed by atoms with E-state index in [2.05, 4.69) is 4.98 Å². The Morgan fingerprint density at radius 1 is 1.07 bits per heavy atom. The molecule has 0 bridgehead atoms.